The maximum absolute atomic E-state index is 13.7. The second-order valence-corrected chi connectivity index (χ2v) is 4.81. The third kappa shape index (κ3) is 2.60. The first-order valence-corrected chi connectivity index (χ1v) is 6.45. The van der Waals surface area contributed by atoms with E-state index in [9.17, 15) is 4.39 Å². The van der Waals surface area contributed by atoms with E-state index < -0.39 is 5.82 Å². The summed E-state index contributed by atoms with van der Waals surface area (Å²) in [6, 6.07) is 9.60. The van der Waals surface area contributed by atoms with E-state index in [1.807, 2.05) is 30.3 Å². The van der Waals surface area contributed by atoms with Crippen LogP contribution in [0.3, 0.4) is 0 Å². The van der Waals surface area contributed by atoms with Crippen LogP contribution in [0, 0.1) is 5.82 Å². The summed E-state index contributed by atoms with van der Waals surface area (Å²) < 4.78 is 13.7. The number of hydrogen-bond acceptors (Lipinski definition) is 4. The molecule has 3 aromatic rings. The molecule has 2 aromatic heterocycles. The lowest BCUT2D eigenvalue weighted by atomic mass is 10.1. The van der Waals surface area contributed by atoms with Gasteiger partial charge in [0.2, 0.25) is 0 Å². The van der Waals surface area contributed by atoms with E-state index in [4.69, 9.17) is 0 Å². The molecule has 3 rings (SSSR count). The molecular formula is C15H14FN5. The quantitative estimate of drug-likeness (QED) is 0.803. The van der Waals surface area contributed by atoms with Gasteiger partial charge in [0.05, 0.1) is 11.9 Å². The van der Waals surface area contributed by atoms with Crippen LogP contribution in [0.1, 0.15) is 0 Å². The van der Waals surface area contributed by atoms with Crippen molar-refractivity contribution in [2.75, 3.05) is 19.0 Å². The second kappa shape index (κ2) is 5.32. The van der Waals surface area contributed by atoms with Gasteiger partial charge in [-0.15, -0.1) is 0 Å². The largest absolute Gasteiger partial charge is 0.360 e. The van der Waals surface area contributed by atoms with E-state index in [1.165, 1.54) is 6.20 Å². The SMILES string of the molecule is CN(C)c1nc(-c2cccc(-c3ccn[nH]3)c2)ncc1F. The standard InChI is InChI=1S/C15H14FN5/c1-21(2)15-12(16)9-17-14(19-15)11-5-3-4-10(8-11)13-6-7-18-20-13/h3-9H,1-2H3,(H,18,20). The summed E-state index contributed by atoms with van der Waals surface area (Å²) in [5, 5.41) is 6.85. The monoisotopic (exact) mass is 283 g/mol. The molecule has 6 heteroatoms. The summed E-state index contributed by atoms with van der Waals surface area (Å²) in [7, 11) is 3.49. The predicted octanol–water partition coefficient (Wildman–Crippen LogP) is 2.74. The van der Waals surface area contributed by atoms with Crippen LogP contribution in [0.4, 0.5) is 10.2 Å². The zero-order valence-corrected chi connectivity index (χ0v) is 11.7. The summed E-state index contributed by atoms with van der Waals surface area (Å²) in [5.41, 5.74) is 2.71. The predicted molar refractivity (Wildman–Crippen MR) is 79.3 cm³/mol. The number of hydrogen-bond donors (Lipinski definition) is 1. The fourth-order valence-electron chi connectivity index (χ4n) is 2.05. The molecule has 0 spiro atoms. The highest BCUT2D eigenvalue weighted by atomic mass is 19.1. The third-order valence-corrected chi connectivity index (χ3v) is 3.08. The Morgan fingerprint density at radius 3 is 2.67 bits per heavy atom. The average molecular weight is 283 g/mol. The lowest BCUT2D eigenvalue weighted by Gasteiger charge is -2.13. The maximum atomic E-state index is 13.7. The Morgan fingerprint density at radius 1 is 1.14 bits per heavy atom. The number of anilines is 1. The Morgan fingerprint density at radius 2 is 1.95 bits per heavy atom. The number of rotatable bonds is 3. The van der Waals surface area contributed by atoms with Crippen molar-refractivity contribution in [1.82, 2.24) is 20.2 Å². The van der Waals surface area contributed by atoms with Gasteiger partial charge in [-0.05, 0) is 12.1 Å². The van der Waals surface area contributed by atoms with Gasteiger partial charge in [-0.2, -0.15) is 5.10 Å². The molecular weight excluding hydrogens is 269 g/mol. The molecule has 1 N–H and O–H groups in total. The molecule has 0 aliphatic carbocycles. The summed E-state index contributed by atoms with van der Waals surface area (Å²) in [4.78, 5) is 9.98. The smallest absolute Gasteiger partial charge is 0.183 e. The summed E-state index contributed by atoms with van der Waals surface area (Å²) in [5.74, 6) is 0.321. The zero-order chi connectivity index (χ0) is 14.8. The van der Waals surface area contributed by atoms with Crippen LogP contribution in [-0.2, 0) is 0 Å². The van der Waals surface area contributed by atoms with E-state index >= 15 is 0 Å². The maximum Gasteiger partial charge on any atom is 0.183 e. The first kappa shape index (κ1) is 13.2. The zero-order valence-electron chi connectivity index (χ0n) is 11.7. The average Bonchev–Trinajstić information content (AvgIpc) is 3.02. The molecule has 0 amide bonds. The molecule has 0 aliphatic heterocycles. The number of H-pyrrole nitrogens is 1. The van der Waals surface area contributed by atoms with Crippen LogP contribution in [0.5, 0.6) is 0 Å². The van der Waals surface area contributed by atoms with Gasteiger partial charge >= 0.3 is 0 Å². The van der Waals surface area contributed by atoms with Gasteiger partial charge in [-0.25, -0.2) is 14.4 Å². The Hall–Kier alpha value is -2.76. The minimum Gasteiger partial charge on any atom is -0.360 e. The van der Waals surface area contributed by atoms with Gasteiger partial charge in [-0.1, -0.05) is 18.2 Å². The molecule has 106 valence electrons. The van der Waals surface area contributed by atoms with Crippen LogP contribution >= 0.6 is 0 Å². The lowest BCUT2D eigenvalue weighted by molar-refractivity contribution is 0.612. The van der Waals surface area contributed by atoms with Crippen molar-refractivity contribution >= 4 is 5.82 Å². The molecule has 0 atom stereocenters. The molecule has 0 unspecified atom stereocenters. The van der Waals surface area contributed by atoms with Crippen LogP contribution in [0.25, 0.3) is 22.6 Å². The molecule has 0 saturated carbocycles. The molecule has 0 aliphatic rings. The van der Waals surface area contributed by atoms with E-state index in [2.05, 4.69) is 20.2 Å². The minimum atomic E-state index is -0.437. The van der Waals surface area contributed by atoms with E-state index in [0.717, 1.165) is 16.8 Å². The van der Waals surface area contributed by atoms with Crippen molar-refractivity contribution < 1.29 is 4.39 Å². The Bertz CT molecular complexity index is 753. The number of aromatic nitrogens is 4. The summed E-state index contributed by atoms with van der Waals surface area (Å²) in [6.45, 7) is 0. The van der Waals surface area contributed by atoms with E-state index in [0.29, 0.717) is 5.82 Å². The summed E-state index contributed by atoms with van der Waals surface area (Å²) in [6.07, 6.45) is 2.89. The van der Waals surface area contributed by atoms with Crippen molar-refractivity contribution in [3.63, 3.8) is 0 Å². The van der Waals surface area contributed by atoms with Crippen LogP contribution in [-0.4, -0.2) is 34.3 Å². The minimum absolute atomic E-state index is 0.270. The molecule has 0 saturated heterocycles. The van der Waals surface area contributed by atoms with Gasteiger partial charge < -0.3 is 4.90 Å². The summed E-state index contributed by atoms with van der Waals surface area (Å²) >= 11 is 0. The van der Waals surface area contributed by atoms with Gasteiger partial charge in [0.25, 0.3) is 0 Å². The Kier molecular flexibility index (Phi) is 3.35. The number of nitrogens with one attached hydrogen (secondary N) is 1. The highest BCUT2D eigenvalue weighted by Crippen LogP contribution is 2.24. The first-order valence-electron chi connectivity index (χ1n) is 6.45. The highest BCUT2D eigenvalue weighted by Gasteiger charge is 2.11. The van der Waals surface area contributed by atoms with Gasteiger partial charge in [0, 0.05) is 31.4 Å². The number of nitrogens with zero attached hydrogens (tertiary/aromatic N) is 4. The number of aromatic amines is 1. The van der Waals surface area contributed by atoms with Gasteiger partial charge in [0.15, 0.2) is 17.5 Å². The lowest BCUT2D eigenvalue weighted by Crippen LogP contribution is -2.13. The Balaban J connectivity index is 2.05. The topological polar surface area (TPSA) is 57.7 Å². The molecule has 0 bridgehead atoms. The van der Waals surface area contributed by atoms with Gasteiger partial charge in [-0.3, -0.25) is 5.10 Å². The van der Waals surface area contributed by atoms with Crippen molar-refractivity contribution in [2.24, 2.45) is 0 Å². The molecule has 2 heterocycles. The number of benzene rings is 1. The molecule has 5 nitrogen and oxygen atoms in total. The molecule has 1 aromatic carbocycles. The molecule has 0 fully saturated rings. The highest BCUT2D eigenvalue weighted by molar-refractivity contribution is 5.68. The van der Waals surface area contributed by atoms with Crippen LogP contribution in [0.2, 0.25) is 0 Å². The third-order valence-electron chi connectivity index (χ3n) is 3.08. The molecule has 21 heavy (non-hydrogen) atoms. The number of halogens is 1. The fourth-order valence-corrected chi connectivity index (χ4v) is 2.05. The first-order chi connectivity index (χ1) is 10.1. The van der Waals surface area contributed by atoms with Crippen LogP contribution < -0.4 is 4.90 Å². The van der Waals surface area contributed by atoms with Crippen molar-refractivity contribution in [1.29, 1.82) is 0 Å². The fraction of sp³-hybridized carbons (Fsp3) is 0.133. The van der Waals surface area contributed by atoms with E-state index in [-0.39, 0.29) is 5.82 Å². The van der Waals surface area contributed by atoms with Gasteiger partial charge in [0.1, 0.15) is 0 Å². The second-order valence-electron chi connectivity index (χ2n) is 4.81. The van der Waals surface area contributed by atoms with Crippen molar-refractivity contribution in [2.45, 2.75) is 0 Å². The van der Waals surface area contributed by atoms with Crippen LogP contribution in [0.15, 0.2) is 42.7 Å². The van der Waals surface area contributed by atoms with E-state index in [1.54, 1.807) is 25.2 Å². The Labute approximate surface area is 121 Å². The van der Waals surface area contributed by atoms with Crippen molar-refractivity contribution in [3.05, 3.63) is 48.5 Å². The normalized spacial score (nSPS) is 10.6. The van der Waals surface area contributed by atoms with Crippen molar-refractivity contribution in [3.8, 4) is 22.6 Å². The molecule has 0 radical (unpaired) electrons.